The van der Waals surface area contributed by atoms with Gasteiger partial charge in [-0.1, -0.05) is 12.1 Å². The molecule has 4 nitrogen and oxygen atoms in total. The van der Waals surface area contributed by atoms with Crippen molar-refractivity contribution in [3.05, 3.63) is 41.4 Å². The van der Waals surface area contributed by atoms with E-state index in [4.69, 9.17) is 10.2 Å². The van der Waals surface area contributed by atoms with E-state index in [2.05, 4.69) is 35.1 Å². The molecule has 0 atom stereocenters. The van der Waals surface area contributed by atoms with Crippen LogP contribution in [0.2, 0.25) is 0 Å². The molecule has 0 fully saturated rings. The van der Waals surface area contributed by atoms with E-state index in [0.717, 1.165) is 22.7 Å². The molecule has 2 aromatic heterocycles. The van der Waals surface area contributed by atoms with Crippen LogP contribution in [0.15, 0.2) is 28.7 Å². The largest absolute Gasteiger partial charge is 0.437 e. The number of fused-ring (bicyclic) bond motifs is 1. The number of nitrogens with zero attached hydrogens (tertiary/aromatic N) is 1. The highest BCUT2D eigenvalue weighted by molar-refractivity contribution is 5.87. The van der Waals surface area contributed by atoms with Gasteiger partial charge in [-0.2, -0.15) is 0 Å². The molecule has 2 heterocycles. The van der Waals surface area contributed by atoms with E-state index in [1.165, 1.54) is 10.9 Å². The molecule has 0 saturated heterocycles. The van der Waals surface area contributed by atoms with Gasteiger partial charge in [0.05, 0.1) is 17.9 Å². The van der Waals surface area contributed by atoms with Gasteiger partial charge in [0.15, 0.2) is 5.76 Å². The summed E-state index contributed by atoms with van der Waals surface area (Å²) in [6.07, 6.45) is 0. The van der Waals surface area contributed by atoms with Crippen LogP contribution in [0.1, 0.15) is 17.1 Å². The maximum atomic E-state index is 5.65. The van der Waals surface area contributed by atoms with Crippen LogP contribution >= 0.6 is 0 Å². The summed E-state index contributed by atoms with van der Waals surface area (Å²) in [7, 11) is 0. The van der Waals surface area contributed by atoms with Crippen LogP contribution in [-0.2, 0) is 6.54 Å². The summed E-state index contributed by atoms with van der Waals surface area (Å²) in [4.78, 5) is 7.64. The van der Waals surface area contributed by atoms with Gasteiger partial charge >= 0.3 is 0 Å². The highest BCUT2D eigenvalue weighted by Gasteiger charge is 2.13. The Labute approximate surface area is 105 Å². The monoisotopic (exact) mass is 241 g/mol. The number of aromatic nitrogens is 2. The number of aromatic amines is 1. The molecule has 1 aromatic carbocycles. The zero-order valence-electron chi connectivity index (χ0n) is 10.4. The van der Waals surface area contributed by atoms with Crippen molar-refractivity contribution in [1.82, 2.24) is 9.97 Å². The number of oxazole rings is 1. The molecule has 0 bridgehead atoms. The van der Waals surface area contributed by atoms with Crippen molar-refractivity contribution in [1.29, 1.82) is 0 Å². The number of nitrogens with two attached hydrogens (primary N) is 1. The summed E-state index contributed by atoms with van der Waals surface area (Å²) in [5.74, 6) is 1.34. The zero-order valence-corrected chi connectivity index (χ0v) is 10.4. The van der Waals surface area contributed by atoms with Crippen LogP contribution in [-0.4, -0.2) is 9.97 Å². The lowest BCUT2D eigenvalue weighted by Crippen LogP contribution is -1.95. The first-order chi connectivity index (χ1) is 8.69. The minimum absolute atomic E-state index is 0.320. The Morgan fingerprint density at radius 1 is 1.33 bits per heavy atom. The summed E-state index contributed by atoms with van der Waals surface area (Å²) in [6.45, 7) is 4.34. The Balaban J connectivity index is 2.19. The second-order valence-corrected chi connectivity index (χ2v) is 4.45. The van der Waals surface area contributed by atoms with Crippen molar-refractivity contribution in [3.8, 4) is 11.5 Å². The Hall–Kier alpha value is -2.07. The van der Waals surface area contributed by atoms with E-state index in [9.17, 15) is 0 Å². The van der Waals surface area contributed by atoms with E-state index >= 15 is 0 Å². The summed E-state index contributed by atoms with van der Waals surface area (Å²) >= 11 is 0. The van der Waals surface area contributed by atoms with E-state index in [1.54, 1.807) is 0 Å². The minimum Gasteiger partial charge on any atom is -0.437 e. The third-order valence-electron chi connectivity index (χ3n) is 3.14. The first-order valence-electron chi connectivity index (χ1n) is 5.94. The Morgan fingerprint density at radius 3 is 2.83 bits per heavy atom. The van der Waals surface area contributed by atoms with E-state index in [1.807, 2.05) is 13.0 Å². The molecule has 0 radical (unpaired) electrons. The molecule has 18 heavy (non-hydrogen) atoms. The number of benzene rings is 1. The molecule has 0 aliphatic carbocycles. The van der Waals surface area contributed by atoms with Gasteiger partial charge in [0.25, 0.3) is 0 Å². The van der Waals surface area contributed by atoms with Crippen molar-refractivity contribution < 1.29 is 4.42 Å². The number of aryl methyl sites for hydroxylation is 2. The summed E-state index contributed by atoms with van der Waals surface area (Å²) < 4.78 is 5.65. The number of hydrogen-bond acceptors (Lipinski definition) is 3. The molecule has 3 N–H and O–H groups in total. The van der Waals surface area contributed by atoms with Crippen molar-refractivity contribution >= 4 is 10.9 Å². The van der Waals surface area contributed by atoms with Gasteiger partial charge in [-0.25, -0.2) is 4.98 Å². The van der Waals surface area contributed by atoms with Gasteiger partial charge in [-0.05, 0) is 31.5 Å². The van der Waals surface area contributed by atoms with Crippen LogP contribution in [0.25, 0.3) is 22.4 Å². The van der Waals surface area contributed by atoms with Gasteiger partial charge in [0, 0.05) is 10.9 Å². The van der Waals surface area contributed by atoms with Crippen LogP contribution in [0.4, 0.5) is 0 Å². The molecular weight excluding hydrogens is 226 g/mol. The zero-order chi connectivity index (χ0) is 12.7. The normalized spacial score (nSPS) is 11.3. The smallest absolute Gasteiger partial charge is 0.209 e. The lowest BCUT2D eigenvalue weighted by Gasteiger charge is -1.92. The van der Waals surface area contributed by atoms with E-state index < -0.39 is 0 Å². The molecular formula is C14H15N3O. The highest BCUT2D eigenvalue weighted by Crippen LogP contribution is 2.28. The van der Waals surface area contributed by atoms with Gasteiger partial charge in [0.1, 0.15) is 0 Å². The Morgan fingerprint density at radius 2 is 2.17 bits per heavy atom. The molecule has 3 aromatic rings. The molecule has 4 heteroatoms. The van der Waals surface area contributed by atoms with Gasteiger partial charge in [-0.3, -0.25) is 0 Å². The molecule has 0 unspecified atom stereocenters. The standard InChI is InChI=1S/C14H15N3O/c1-8-4-3-5-11-10(8)6-12(17-11)14-9(2)16-13(7-15)18-14/h3-6,17H,7,15H2,1-2H3. The maximum Gasteiger partial charge on any atom is 0.209 e. The maximum absolute atomic E-state index is 5.65. The molecule has 0 aliphatic heterocycles. The summed E-state index contributed by atoms with van der Waals surface area (Å²) in [6, 6.07) is 8.29. The van der Waals surface area contributed by atoms with Gasteiger partial charge in [-0.15, -0.1) is 0 Å². The second-order valence-electron chi connectivity index (χ2n) is 4.45. The molecule has 92 valence electrons. The summed E-state index contributed by atoms with van der Waals surface area (Å²) in [5.41, 5.74) is 9.70. The topological polar surface area (TPSA) is 67.8 Å². The van der Waals surface area contributed by atoms with Crippen LogP contribution in [0.3, 0.4) is 0 Å². The quantitative estimate of drug-likeness (QED) is 0.724. The molecule has 0 aliphatic rings. The van der Waals surface area contributed by atoms with Gasteiger partial charge < -0.3 is 15.1 Å². The molecule has 0 spiro atoms. The van der Waals surface area contributed by atoms with Gasteiger partial charge in [0.2, 0.25) is 5.89 Å². The predicted octanol–water partition coefficient (Wildman–Crippen LogP) is 2.90. The number of H-pyrrole nitrogens is 1. The lowest BCUT2D eigenvalue weighted by atomic mass is 10.1. The summed E-state index contributed by atoms with van der Waals surface area (Å²) in [5, 5.41) is 1.21. The van der Waals surface area contributed by atoms with E-state index in [0.29, 0.717) is 12.4 Å². The SMILES string of the molecule is Cc1nc(CN)oc1-c1cc2c(C)cccc2[nH]1. The lowest BCUT2D eigenvalue weighted by molar-refractivity contribution is 0.508. The van der Waals surface area contributed by atoms with E-state index in [-0.39, 0.29) is 0 Å². The average Bonchev–Trinajstić information content (AvgIpc) is 2.93. The Bertz CT molecular complexity index is 709. The highest BCUT2D eigenvalue weighted by atomic mass is 16.4. The predicted molar refractivity (Wildman–Crippen MR) is 71.2 cm³/mol. The second kappa shape index (κ2) is 3.99. The van der Waals surface area contributed by atoms with Crippen LogP contribution < -0.4 is 5.73 Å². The third kappa shape index (κ3) is 1.62. The first-order valence-corrected chi connectivity index (χ1v) is 5.94. The number of hydrogen-bond donors (Lipinski definition) is 2. The fourth-order valence-electron chi connectivity index (χ4n) is 2.22. The minimum atomic E-state index is 0.320. The van der Waals surface area contributed by atoms with Crippen molar-refractivity contribution in [2.45, 2.75) is 20.4 Å². The average molecular weight is 241 g/mol. The molecule has 0 amide bonds. The Kier molecular flexibility index (Phi) is 2.45. The molecule has 3 rings (SSSR count). The van der Waals surface area contributed by atoms with Crippen LogP contribution in [0.5, 0.6) is 0 Å². The van der Waals surface area contributed by atoms with Crippen molar-refractivity contribution in [2.24, 2.45) is 5.73 Å². The van der Waals surface area contributed by atoms with Crippen LogP contribution in [0, 0.1) is 13.8 Å². The fourth-order valence-corrected chi connectivity index (χ4v) is 2.22. The number of rotatable bonds is 2. The number of nitrogens with one attached hydrogen (secondary N) is 1. The third-order valence-corrected chi connectivity index (χ3v) is 3.14. The first kappa shape index (κ1) is 11.0. The van der Waals surface area contributed by atoms with Crippen molar-refractivity contribution in [2.75, 3.05) is 0 Å². The fraction of sp³-hybridized carbons (Fsp3) is 0.214. The van der Waals surface area contributed by atoms with Crippen molar-refractivity contribution in [3.63, 3.8) is 0 Å². The molecule has 0 saturated carbocycles.